The van der Waals surface area contributed by atoms with E-state index < -0.39 is 0 Å². The summed E-state index contributed by atoms with van der Waals surface area (Å²) in [6.45, 7) is 7.21. The van der Waals surface area contributed by atoms with Gasteiger partial charge in [-0.2, -0.15) is 0 Å². The van der Waals surface area contributed by atoms with Gasteiger partial charge in [0.2, 0.25) is 0 Å². The van der Waals surface area contributed by atoms with Gasteiger partial charge in [0.25, 0.3) is 0 Å². The molecular formula is C14H24N2. The van der Waals surface area contributed by atoms with Crippen molar-refractivity contribution in [3.05, 3.63) is 35.4 Å². The molecule has 2 nitrogen and oxygen atoms in total. The first kappa shape index (κ1) is 13.2. The van der Waals surface area contributed by atoms with Crippen LogP contribution in [0.4, 0.5) is 0 Å². The Balaban J connectivity index is 2.26. The number of hydrogen-bond donors (Lipinski definition) is 2. The molecule has 0 radical (unpaired) electrons. The Morgan fingerprint density at radius 2 is 1.81 bits per heavy atom. The zero-order valence-corrected chi connectivity index (χ0v) is 10.5. The van der Waals surface area contributed by atoms with E-state index in [2.05, 4.69) is 43.4 Å². The van der Waals surface area contributed by atoms with Gasteiger partial charge in [-0.3, -0.25) is 0 Å². The molecule has 1 atom stereocenters. The first-order valence-electron chi connectivity index (χ1n) is 6.24. The predicted octanol–water partition coefficient (Wildman–Crippen LogP) is 2.32. The van der Waals surface area contributed by atoms with Crippen molar-refractivity contribution in [3.63, 3.8) is 0 Å². The Morgan fingerprint density at radius 1 is 1.19 bits per heavy atom. The molecule has 3 N–H and O–H groups in total. The van der Waals surface area contributed by atoms with Crippen LogP contribution in [0.1, 0.15) is 31.4 Å². The number of nitrogens with two attached hydrogens (primary N) is 1. The minimum atomic E-state index is 0.667. The van der Waals surface area contributed by atoms with Crippen LogP contribution in [0.15, 0.2) is 24.3 Å². The average molecular weight is 220 g/mol. The van der Waals surface area contributed by atoms with Crippen LogP contribution in [0.25, 0.3) is 0 Å². The maximum atomic E-state index is 5.52. The molecule has 0 spiro atoms. The minimum Gasteiger partial charge on any atom is -0.330 e. The van der Waals surface area contributed by atoms with Crippen molar-refractivity contribution in [1.82, 2.24) is 5.32 Å². The summed E-state index contributed by atoms with van der Waals surface area (Å²) >= 11 is 0. The molecule has 1 aromatic carbocycles. The third-order valence-electron chi connectivity index (χ3n) is 2.91. The van der Waals surface area contributed by atoms with Gasteiger partial charge >= 0.3 is 0 Å². The molecule has 1 rings (SSSR count). The van der Waals surface area contributed by atoms with Crippen LogP contribution < -0.4 is 11.1 Å². The molecule has 2 heteroatoms. The largest absolute Gasteiger partial charge is 0.330 e. The Labute approximate surface area is 99.2 Å². The van der Waals surface area contributed by atoms with Crippen LogP contribution in [0.3, 0.4) is 0 Å². The average Bonchev–Trinajstić information content (AvgIpc) is 2.30. The summed E-state index contributed by atoms with van der Waals surface area (Å²) in [4.78, 5) is 0. The molecule has 0 fully saturated rings. The zero-order chi connectivity index (χ0) is 11.8. The summed E-state index contributed by atoms with van der Waals surface area (Å²) in [5.41, 5.74) is 8.28. The minimum absolute atomic E-state index is 0.667. The van der Waals surface area contributed by atoms with Crippen molar-refractivity contribution < 1.29 is 0 Å². The third-order valence-corrected chi connectivity index (χ3v) is 2.91. The van der Waals surface area contributed by atoms with Gasteiger partial charge in [-0.25, -0.2) is 0 Å². The summed E-state index contributed by atoms with van der Waals surface area (Å²) in [6.07, 6.45) is 2.21. The lowest BCUT2D eigenvalue weighted by Gasteiger charge is -2.11. The van der Waals surface area contributed by atoms with Gasteiger partial charge in [-0.05, 0) is 43.0 Å². The van der Waals surface area contributed by atoms with E-state index in [1.54, 1.807) is 0 Å². The molecule has 90 valence electrons. The van der Waals surface area contributed by atoms with E-state index >= 15 is 0 Å². The monoisotopic (exact) mass is 220 g/mol. The molecule has 0 aliphatic carbocycles. The summed E-state index contributed by atoms with van der Waals surface area (Å²) in [6, 6.07) is 8.83. The Kier molecular flexibility index (Phi) is 6.12. The van der Waals surface area contributed by atoms with E-state index in [-0.39, 0.29) is 0 Å². The molecule has 0 bridgehead atoms. The van der Waals surface area contributed by atoms with Crippen LogP contribution in [0, 0.1) is 5.92 Å². The number of nitrogens with one attached hydrogen (secondary N) is 1. The lowest BCUT2D eigenvalue weighted by Crippen LogP contribution is -2.22. The van der Waals surface area contributed by atoms with Gasteiger partial charge in [0, 0.05) is 6.54 Å². The smallest absolute Gasteiger partial charge is 0.0205 e. The summed E-state index contributed by atoms with van der Waals surface area (Å²) in [5, 5.41) is 3.47. The topological polar surface area (TPSA) is 38.0 Å². The highest BCUT2D eigenvalue weighted by Gasteiger charge is 2.00. The Hall–Kier alpha value is -0.860. The molecule has 1 unspecified atom stereocenters. The lowest BCUT2D eigenvalue weighted by atomic mass is 10.1. The molecule has 0 aliphatic rings. The highest BCUT2D eigenvalue weighted by molar-refractivity contribution is 5.22. The molecule has 0 amide bonds. The molecule has 16 heavy (non-hydrogen) atoms. The number of aryl methyl sites for hydroxylation is 1. The van der Waals surface area contributed by atoms with E-state index in [0.29, 0.717) is 5.92 Å². The third kappa shape index (κ3) is 4.77. The van der Waals surface area contributed by atoms with Crippen molar-refractivity contribution in [2.45, 2.75) is 33.2 Å². The van der Waals surface area contributed by atoms with Crippen LogP contribution in [0.2, 0.25) is 0 Å². The van der Waals surface area contributed by atoms with Gasteiger partial charge in [0.15, 0.2) is 0 Å². The maximum Gasteiger partial charge on any atom is 0.0205 e. The Bertz CT molecular complexity index is 279. The van der Waals surface area contributed by atoms with Crippen LogP contribution >= 0.6 is 0 Å². The SMILES string of the molecule is CCc1ccc(CNCC(C)CCN)cc1. The molecule has 1 aromatic rings. The standard InChI is InChI=1S/C14H24N2/c1-3-13-4-6-14(7-5-13)11-16-10-12(2)8-9-15/h4-7,12,16H,3,8-11,15H2,1-2H3. The lowest BCUT2D eigenvalue weighted by molar-refractivity contribution is 0.486. The van der Waals surface area contributed by atoms with E-state index in [4.69, 9.17) is 5.73 Å². The molecule has 0 heterocycles. The van der Waals surface area contributed by atoms with Crippen LogP contribution in [0.5, 0.6) is 0 Å². The van der Waals surface area contributed by atoms with Gasteiger partial charge in [0.1, 0.15) is 0 Å². The first-order chi connectivity index (χ1) is 7.76. The van der Waals surface area contributed by atoms with Crippen molar-refractivity contribution >= 4 is 0 Å². The molecule has 0 saturated carbocycles. The molecule has 0 saturated heterocycles. The van der Waals surface area contributed by atoms with Crippen molar-refractivity contribution in [2.24, 2.45) is 11.7 Å². The van der Waals surface area contributed by atoms with Crippen molar-refractivity contribution in [2.75, 3.05) is 13.1 Å². The van der Waals surface area contributed by atoms with Gasteiger partial charge in [-0.15, -0.1) is 0 Å². The molecule has 0 aliphatic heterocycles. The van der Waals surface area contributed by atoms with Gasteiger partial charge < -0.3 is 11.1 Å². The quantitative estimate of drug-likeness (QED) is 0.740. The predicted molar refractivity (Wildman–Crippen MR) is 70.4 cm³/mol. The molecule has 0 aromatic heterocycles. The van der Waals surface area contributed by atoms with E-state index in [0.717, 1.165) is 32.5 Å². The summed E-state index contributed by atoms with van der Waals surface area (Å²) in [7, 11) is 0. The second kappa shape index (κ2) is 7.42. The first-order valence-corrected chi connectivity index (χ1v) is 6.24. The van der Waals surface area contributed by atoms with Crippen LogP contribution in [-0.2, 0) is 13.0 Å². The zero-order valence-electron chi connectivity index (χ0n) is 10.5. The fourth-order valence-electron chi connectivity index (χ4n) is 1.74. The fraction of sp³-hybridized carbons (Fsp3) is 0.571. The van der Waals surface area contributed by atoms with Crippen LogP contribution in [-0.4, -0.2) is 13.1 Å². The number of rotatable bonds is 7. The fourth-order valence-corrected chi connectivity index (χ4v) is 1.74. The van der Waals surface area contributed by atoms with E-state index in [1.165, 1.54) is 11.1 Å². The number of benzene rings is 1. The highest BCUT2D eigenvalue weighted by Crippen LogP contribution is 2.05. The van der Waals surface area contributed by atoms with E-state index in [1.807, 2.05) is 0 Å². The highest BCUT2D eigenvalue weighted by atomic mass is 14.9. The van der Waals surface area contributed by atoms with E-state index in [9.17, 15) is 0 Å². The Morgan fingerprint density at radius 3 is 2.38 bits per heavy atom. The summed E-state index contributed by atoms with van der Waals surface area (Å²) in [5.74, 6) is 0.667. The normalized spacial score (nSPS) is 12.7. The number of hydrogen-bond acceptors (Lipinski definition) is 2. The second-order valence-corrected chi connectivity index (χ2v) is 4.48. The maximum absolute atomic E-state index is 5.52. The summed E-state index contributed by atoms with van der Waals surface area (Å²) < 4.78 is 0. The van der Waals surface area contributed by atoms with Gasteiger partial charge in [-0.1, -0.05) is 38.1 Å². The second-order valence-electron chi connectivity index (χ2n) is 4.48. The van der Waals surface area contributed by atoms with Crippen molar-refractivity contribution in [1.29, 1.82) is 0 Å². The molecular weight excluding hydrogens is 196 g/mol. The van der Waals surface area contributed by atoms with Crippen molar-refractivity contribution in [3.8, 4) is 0 Å². The van der Waals surface area contributed by atoms with Gasteiger partial charge in [0.05, 0.1) is 0 Å².